The first-order valence-electron chi connectivity index (χ1n) is 7.85. The lowest BCUT2D eigenvalue weighted by Crippen LogP contribution is -2.60. The van der Waals surface area contributed by atoms with E-state index >= 15 is 0 Å². The fourth-order valence-electron chi connectivity index (χ4n) is 4.28. The molecule has 2 aliphatic carbocycles. The summed E-state index contributed by atoms with van der Waals surface area (Å²) in [6.07, 6.45) is 0. The molecule has 1 aromatic carbocycles. The molecule has 2 bridgehead atoms. The summed E-state index contributed by atoms with van der Waals surface area (Å²) in [6, 6.07) is 6.16. The molecule has 0 atom stereocenters. The zero-order valence-corrected chi connectivity index (χ0v) is 14.3. The highest BCUT2D eigenvalue weighted by Gasteiger charge is 2.63. The van der Waals surface area contributed by atoms with Gasteiger partial charge in [-0.05, 0) is 34.3 Å². The van der Waals surface area contributed by atoms with Crippen molar-refractivity contribution >= 4 is 0 Å². The van der Waals surface area contributed by atoms with Crippen LogP contribution in [-0.4, -0.2) is 5.11 Å². The molecular weight excluding hydrogens is 244 g/mol. The number of aromatic hydroxyl groups is 1. The highest BCUT2D eigenvalue weighted by Crippen LogP contribution is 2.68. The van der Waals surface area contributed by atoms with Crippen molar-refractivity contribution in [2.45, 2.75) is 60.8 Å². The molecule has 112 valence electrons. The topological polar surface area (TPSA) is 20.2 Å². The zero-order chi connectivity index (χ0) is 15.5. The Kier molecular flexibility index (Phi) is 3.28. The first-order valence-corrected chi connectivity index (χ1v) is 7.85. The van der Waals surface area contributed by atoms with E-state index in [4.69, 9.17) is 0 Å². The normalized spacial score (nSPS) is 17.5. The molecule has 0 aliphatic heterocycles. The van der Waals surface area contributed by atoms with E-state index in [0.717, 1.165) is 5.56 Å². The maximum atomic E-state index is 10.4. The van der Waals surface area contributed by atoms with Gasteiger partial charge in [-0.2, -0.15) is 0 Å². The molecule has 0 saturated heterocycles. The van der Waals surface area contributed by atoms with Gasteiger partial charge in [0.15, 0.2) is 0 Å². The van der Waals surface area contributed by atoms with Crippen molar-refractivity contribution in [2.75, 3.05) is 0 Å². The first-order chi connectivity index (χ1) is 9.01. The SMILES string of the molecule is CC(C)C(C)(C)C1(C(C)(C)C(C)C)c2ccc(O)c1c2. The summed E-state index contributed by atoms with van der Waals surface area (Å²) in [5.74, 6) is 1.54. The Bertz CT molecular complexity index is 497. The number of hydrogen-bond donors (Lipinski definition) is 1. The monoisotopic (exact) mass is 274 g/mol. The number of hydrogen-bond acceptors (Lipinski definition) is 1. The summed E-state index contributed by atoms with van der Waals surface area (Å²) in [6.45, 7) is 18.6. The van der Waals surface area contributed by atoms with Gasteiger partial charge in [0.05, 0.1) is 0 Å². The molecule has 0 radical (unpaired) electrons. The molecule has 1 N–H and O–H groups in total. The molecular formula is C19H30O. The molecule has 2 aliphatic rings. The molecule has 0 amide bonds. The van der Waals surface area contributed by atoms with Crippen LogP contribution < -0.4 is 0 Å². The molecule has 0 unspecified atom stereocenters. The van der Waals surface area contributed by atoms with E-state index in [9.17, 15) is 5.11 Å². The molecule has 1 heteroatoms. The van der Waals surface area contributed by atoms with Crippen molar-refractivity contribution in [3.63, 3.8) is 0 Å². The van der Waals surface area contributed by atoms with E-state index in [1.54, 1.807) is 0 Å². The number of fused-ring (bicyclic) bond motifs is 2. The van der Waals surface area contributed by atoms with Gasteiger partial charge in [0.25, 0.3) is 0 Å². The largest absolute Gasteiger partial charge is 0.508 e. The third-order valence-electron chi connectivity index (χ3n) is 6.65. The van der Waals surface area contributed by atoms with Crippen molar-refractivity contribution < 1.29 is 5.11 Å². The van der Waals surface area contributed by atoms with Crippen LogP contribution >= 0.6 is 0 Å². The summed E-state index contributed by atoms with van der Waals surface area (Å²) in [5, 5.41) is 10.4. The number of rotatable bonds is 4. The van der Waals surface area contributed by atoms with Gasteiger partial charge in [-0.3, -0.25) is 0 Å². The van der Waals surface area contributed by atoms with Crippen molar-refractivity contribution in [1.82, 2.24) is 0 Å². The molecule has 0 heterocycles. The van der Waals surface area contributed by atoms with Crippen LogP contribution in [0.4, 0.5) is 0 Å². The van der Waals surface area contributed by atoms with Gasteiger partial charge in [-0.25, -0.2) is 0 Å². The Morgan fingerprint density at radius 1 is 0.900 bits per heavy atom. The van der Waals surface area contributed by atoms with E-state index in [1.807, 2.05) is 6.07 Å². The number of phenols is 1. The third-order valence-corrected chi connectivity index (χ3v) is 6.65. The van der Waals surface area contributed by atoms with Gasteiger partial charge < -0.3 is 5.11 Å². The lowest BCUT2D eigenvalue weighted by Gasteiger charge is -2.64. The van der Waals surface area contributed by atoms with Gasteiger partial charge in [-0.15, -0.1) is 0 Å². The molecule has 0 aromatic heterocycles. The lowest BCUT2D eigenvalue weighted by atomic mass is 9.39. The maximum absolute atomic E-state index is 10.4. The van der Waals surface area contributed by atoms with Crippen LogP contribution in [0.5, 0.6) is 5.75 Å². The smallest absolute Gasteiger partial charge is 0.119 e. The predicted molar refractivity (Wildman–Crippen MR) is 86.1 cm³/mol. The van der Waals surface area contributed by atoms with Crippen LogP contribution in [-0.2, 0) is 5.41 Å². The summed E-state index contributed by atoms with van der Waals surface area (Å²) < 4.78 is 0. The van der Waals surface area contributed by atoms with Gasteiger partial charge in [0.1, 0.15) is 5.75 Å². The van der Waals surface area contributed by atoms with Crippen LogP contribution in [0, 0.1) is 22.7 Å². The summed E-state index contributed by atoms with van der Waals surface area (Å²) in [4.78, 5) is 0. The quantitative estimate of drug-likeness (QED) is 0.784. The molecule has 0 fully saturated rings. The molecule has 3 rings (SSSR count). The van der Waals surface area contributed by atoms with E-state index in [0.29, 0.717) is 17.6 Å². The average molecular weight is 274 g/mol. The van der Waals surface area contributed by atoms with Crippen LogP contribution in [0.2, 0.25) is 0 Å². The van der Waals surface area contributed by atoms with Crippen molar-refractivity contribution in [3.05, 3.63) is 29.3 Å². The van der Waals surface area contributed by atoms with Crippen LogP contribution in [0.25, 0.3) is 0 Å². The molecule has 20 heavy (non-hydrogen) atoms. The van der Waals surface area contributed by atoms with Crippen LogP contribution in [0.1, 0.15) is 66.5 Å². The Morgan fingerprint density at radius 2 is 1.35 bits per heavy atom. The van der Waals surface area contributed by atoms with Gasteiger partial charge >= 0.3 is 0 Å². The van der Waals surface area contributed by atoms with E-state index in [2.05, 4.69) is 67.5 Å². The van der Waals surface area contributed by atoms with Crippen LogP contribution in [0.3, 0.4) is 0 Å². The number of benzene rings is 1. The van der Waals surface area contributed by atoms with Gasteiger partial charge in [0, 0.05) is 11.0 Å². The van der Waals surface area contributed by atoms with Crippen molar-refractivity contribution in [2.24, 2.45) is 22.7 Å². The van der Waals surface area contributed by atoms with Crippen LogP contribution in [0.15, 0.2) is 18.2 Å². The summed E-state index contributed by atoms with van der Waals surface area (Å²) in [5.41, 5.74) is 2.68. The minimum Gasteiger partial charge on any atom is -0.508 e. The predicted octanol–water partition coefficient (Wildman–Crippen LogP) is 5.36. The molecule has 1 aromatic rings. The lowest BCUT2D eigenvalue weighted by molar-refractivity contribution is -0.0161. The minimum atomic E-state index is -0.0544. The van der Waals surface area contributed by atoms with E-state index in [-0.39, 0.29) is 16.2 Å². The second-order valence-electron chi connectivity index (χ2n) is 8.23. The maximum Gasteiger partial charge on any atom is 0.119 e. The van der Waals surface area contributed by atoms with Gasteiger partial charge in [0.2, 0.25) is 0 Å². The average Bonchev–Trinajstić information content (AvgIpc) is 2.27. The Balaban J connectivity index is 2.75. The van der Waals surface area contributed by atoms with Gasteiger partial charge in [-0.1, -0.05) is 67.5 Å². The molecule has 0 spiro atoms. The Hall–Kier alpha value is -0.980. The first kappa shape index (κ1) is 15.4. The standard InChI is InChI=1S/C19H30O/c1-12(2)17(5,6)19(18(7,8)13(3)4)14-9-10-16(20)15(19)11-14/h9-13,20H,1-8H3. The zero-order valence-electron chi connectivity index (χ0n) is 14.3. The summed E-state index contributed by atoms with van der Waals surface area (Å²) >= 11 is 0. The fraction of sp³-hybridized carbons (Fsp3) is 0.684. The highest BCUT2D eigenvalue weighted by molar-refractivity contribution is 5.61. The summed E-state index contributed by atoms with van der Waals surface area (Å²) in [7, 11) is 0. The van der Waals surface area contributed by atoms with Crippen molar-refractivity contribution in [3.8, 4) is 5.75 Å². The number of phenolic OH excluding ortho intramolecular Hbond substituents is 1. The Morgan fingerprint density at radius 3 is 1.65 bits per heavy atom. The fourth-order valence-corrected chi connectivity index (χ4v) is 4.28. The molecule has 1 nitrogen and oxygen atoms in total. The highest BCUT2D eigenvalue weighted by atomic mass is 16.3. The van der Waals surface area contributed by atoms with E-state index < -0.39 is 0 Å². The Labute approximate surface area is 124 Å². The van der Waals surface area contributed by atoms with E-state index in [1.165, 1.54) is 5.56 Å². The third kappa shape index (κ3) is 1.50. The minimum absolute atomic E-state index is 0.0544. The second-order valence-corrected chi connectivity index (χ2v) is 8.23. The molecule has 0 saturated carbocycles. The second kappa shape index (κ2) is 4.26. The van der Waals surface area contributed by atoms with Crippen molar-refractivity contribution in [1.29, 1.82) is 0 Å².